The highest BCUT2D eigenvalue weighted by atomic mass is 16.3. The van der Waals surface area contributed by atoms with Crippen molar-refractivity contribution < 1.29 is 9.90 Å². The smallest absolute Gasteiger partial charge is 0.226 e. The molecule has 0 unspecified atom stereocenters. The van der Waals surface area contributed by atoms with Crippen LogP contribution in [0.5, 0.6) is 0 Å². The van der Waals surface area contributed by atoms with Gasteiger partial charge in [-0.15, -0.1) is 0 Å². The molecule has 1 rings (SSSR count). The fourth-order valence-corrected chi connectivity index (χ4v) is 2.87. The molecule has 1 amide bonds. The molecule has 0 saturated carbocycles. The van der Waals surface area contributed by atoms with Crippen LogP contribution in [0.15, 0.2) is 42.5 Å². The van der Waals surface area contributed by atoms with E-state index >= 15 is 0 Å². The maximum absolute atomic E-state index is 13.0. The van der Waals surface area contributed by atoms with Crippen LogP contribution >= 0.6 is 0 Å². The van der Waals surface area contributed by atoms with E-state index in [4.69, 9.17) is 0 Å². The molecule has 0 spiro atoms. The van der Waals surface area contributed by atoms with Gasteiger partial charge in [-0.2, -0.15) is 0 Å². The lowest BCUT2D eigenvalue weighted by Crippen LogP contribution is -2.43. The van der Waals surface area contributed by atoms with Gasteiger partial charge in [-0.1, -0.05) is 70.2 Å². The zero-order chi connectivity index (χ0) is 19.0. The van der Waals surface area contributed by atoms with Gasteiger partial charge in [-0.05, 0) is 37.2 Å². The second-order valence-corrected chi connectivity index (χ2v) is 7.73. The van der Waals surface area contributed by atoms with Gasteiger partial charge < -0.3 is 10.0 Å². The zero-order valence-corrected chi connectivity index (χ0v) is 16.6. The molecule has 0 saturated heterocycles. The van der Waals surface area contributed by atoms with Gasteiger partial charge in [0.15, 0.2) is 0 Å². The minimum atomic E-state index is -0.681. The summed E-state index contributed by atoms with van der Waals surface area (Å²) in [5, 5.41) is 10.6. The van der Waals surface area contributed by atoms with E-state index in [1.54, 1.807) is 11.9 Å². The number of amides is 1. The highest BCUT2D eigenvalue weighted by Gasteiger charge is 2.30. The molecule has 1 aromatic carbocycles. The van der Waals surface area contributed by atoms with Gasteiger partial charge in [-0.3, -0.25) is 4.79 Å². The Bertz CT molecular complexity index is 536. The van der Waals surface area contributed by atoms with Crippen molar-refractivity contribution in [2.24, 2.45) is 17.8 Å². The topological polar surface area (TPSA) is 40.5 Å². The van der Waals surface area contributed by atoms with Gasteiger partial charge in [0.05, 0.1) is 12.1 Å². The number of hydrogen-bond acceptors (Lipinski definition) is 2. The number of carbonyl (C=O) groups excluding carboxylic acids is 1. The van der Waals surface area contributed by atoms with Crippen LogP contribution in [0.1, 0.15) is 59.1 Å². The molecule has 1 N–H and O–H groups in total. The van der Waals surface area contributed by atoms with E-state index in [-0.39, 0.29) is 23.8 Å². The van der Waals surface area contributed by atoms with Crippen LogP contribution in [-0.4, -0.2) is 29.0 Å². The van der Waals surface area contributed by atoms with E-state index in [2.05, 4.69) is 39.8 Å². The molecule has 0 bridgehead atoms. The van der Waals surface area contributed by atoms with Crippen molar-refractivity contribution in [3.05, 3.63) is 48.0 Å². The Hall–Kier alpha value is -1.61. The Labute approximate surface area is 153 Å². The van der Waals surface area contributed by atoms with Crippen molar-refractivity contribution >= 4 is 5.91 Å². The van der Waals surface area contributed by atoms with Crippen LogP contribution in [0, 0.1) is 17.8 Å². The lowest BCUT2D eigenvalue weighted by Gasteiger charge is -2.33. The Balaban J connectivity index is 2.77. The number of likely N-dealkylation sites (N-methyl/N-ethyl adjacent to an activating group) is 1. The summed E-state index contributed by atoms with van der Waals surface area (Å²) in [5.74, 6) is 0.943. The van der Waals surface area contributed by atoms with E-state index in [0.29, 0.717) is 5.92 Å². The zero-order valence-electron chi connectivity index (χ0n) is 16.6. The number of aliphatic hydroxyl groups is 1. The highest BCUT2D eigenvalue weighted by Crippen LogP contribution is 2.24. The average Bonchev–Trinajstić information content (AvgIpc) is 2.59. The summed E-state index contributed by atoms with van der Waals surface area (Å²) in [5.41, 5.74) is 0.840. The second-order valence-electron chi connectivity index (χ2n) is 7.73. The van der Waals surface area contributed by atoms with Crippen LogP contribution in [0.3, 0.4) is 0 Å². The number of aliphatic hydroxyl groups excluding tert-OH is 1. The maximum atomic E-state index is 13.0. The van der Waals surface area contributed by atoms with E-state index in [9.17, 15) is 9.90 Å². The third-order valence-corrected chi connectivity index (χ3v) is 4.84. The number of hydrogen-bond donors (Lipinski definition) is 1. The average molecular weight is 346 g/mol. The predicted molar refractivity (Wildman–Crippen MR) is 105 cm³/mol. The summed E-state index contributed by atoms with van der Waals surface area (Å²) in [7, 11) is 1.80. The molecule has 25 heavy (non-hydrogen) atoms. The third-order valence-electron chi connectivity index (χ3n) is 4.84. The summed E-state index contributed by atoms with van der Waals surface area (Å²) in [4.78, 5) is 14.7. The van der Waals surface area contributed by atoms with Crippen molar-refractivity contribution in [2.75, 3.05) is 7.05 Å². The van der Waals surface area contributed by atoms with Gasteiger partial charge in [0.1, 0.15) is 0 Å². The first-order valence-electron chi connectivity index (χ1n) is 9.40. The van der Waals surface area contributed by atoms with Crippen LogP contribution in [0.2, 0.25) is 0 Å². The van der Waals surface area contributed by atoms with Gasteiger partial charge in [-0.25, -0.2) is 0 Å². The van der Waals surface area contributed by atoms with Crippen LogP contribution in [0.25, 0.3) is 0 Å². The van der Waals surface area contributed by atoms with Crippen LogP contribution < -0.4 is 0 Å². The van der Waals surface area contributed by atoms with Crippen molar-refractivity contribution in [3.63, 3.8) is 0 Å². The van der Waals surface area contributed by atoms with E-state index in [1.165, 1.54) is 0 Å². The standard InChI is InChI=1S/C22H35NO2/c1-16(2)12-10-11-15-20(17(3)4)22(25)23(6)18(5)21(24)19-13-8-7-9-14-19/h7-11,13-14,16-18,20-21,24H,12,15H2,1-6H3/b11-10+/t18-,20+,21-/m1/s1. The Kier molecular flexibility index (Phi) is 8.91. The summed E-state index contributed by atoms with van der Waals surface area (Å²) >= 11 is 0. The van der Waals surface area contributed by atoms with Crippen LogP contribution in [-0.2, 0) is 4.79 Å². The molecular formula is C22H35NO2. The molecule has 0 aromatic heterocycles. The molecule has 0 heterocycles. The van der Waals surface area contributed by atoms with E-state index in [0.717, 1.165) is 18.4 Å². The molecule has 3 nitrogen and oxygen atoms in total. The van der Waals surface area contributed by atoms with E-state index in [1.807, 2.05) is 37.3 Å². The monoisotopic (exact) mass is 345 g/mol. The molecule has 0 radical (unpaired) electrons. The molecule has 0 fully saturated rings. The lowest BCUT2D eigenvalue weighted by molar-refractivity contribution is -0.139. The first-order chi connectivity index (χ1) is 11.8. The van der Waals surface area contributed by atoms with Gasteiger partial charge >= 0.3 is 0 Å². The minimum absolute atomic E-state index is 0.0566. The van der Waals surface area contributed by atoms with Gasteiger partial charge in [0.25, 0.3) is 0 Å². The fourth-order valence-electron chi connectivity index (χ4n) is 2.87. The summed E-state index contributed by atoms with van der Waals surface area (Å²) < 4.78 is 0. The Morgan fingerprint density at radius 1 is 1.04 bits per heavy atom. The first-order valence-corrected chi connectivity index (χ1v) is 9.40. The fraction of sp³-hybridized carbons (Fsp3) is 0.591. The largest absolute Gasteiger partial charge is 0.386 e. The first kappa shape index (κ1) is 21.4. The number of carbonyl (C=O) groups is 1. The predicted octanol–water partition coefficient (Wildman–Crippen LogP) is 4.83. The molecule has 1 aromatic rings. The normalized spacial score (nSPS) is 15.6. The SMILES string of the molecule is CC(C)C/C=C/C[C@H](C(=O)N(C)[C@H](C)[C@@H](O)c1ccccc1)C(C)C. The van der Waals surface area contributed by atoms with Crippen molar-refractivity contribution in [2.45, 2.75) is 59.6 Å². The van der Waals surface area contributed by atoms with Crippen LogP contribution in [0.4, 0.5) is 0 Å². The maximum Gasteiger partial charge on any atom is 0.226 e. The summed E-state index contributed by atoms with van der Waals surface area (Å²) in [6.07, 6.45) is 5.42. The highest BCUT2D eigenvalue weighted by molar-refractivity contribution is 5.79. The van der Waals surface area contributed by atoms with Gasteiger partial charge in [0.2, 0.25) is 5.91 Å². The number of allylic oxidation sites excluding steroid dienone is 2. The lowest BCUT2D eigenvalue weighted by atomic mass is 9.89. The summed E-state index contributed by atoms with van der Waals surface area (Å²) in [6, 6.07) is 9.26. The van der Waals surface area contributed by atoms with Crippen molar-refractivity contribution in [1.82, 2.24) is 4.90 Å². The number of rotatable bonds is 9. The third kappa shape index (κ3) is 6.66. The van der Waals surface area contributed by atoms with Crippen molar-refractivity contribution in [1.29, 1.82) is 0 Å². The Morgan fingerprint density at radius 3 is 2.12 bits per heavy atom. The second kappa shape index (κ2) is 10.4. The molecule has 3 atom stereocenters. The molecular weight excluding hydrogens is 310 g/mol. The number of benzene rings is 1. The molecule has 140 valence electrons. The molecule has 3 heteroatoms. The molecule has 0 aliphatic carbocycles. The molecule has 0 aliphatic rings. The minimum Gasteiger partial charge on any atom is -0.386 e. The Morgan fingerprint density at radius 2 is 1.60 bits per heavy atom. The van der Waals surface area contributed by atoms with E-state index < -0.39 is 6.10 Å². The number of nitrogens with zero attached hydrogens (tertiary/aromatic N) is 1. The van der Waals surface area contributed by atoms with Gasteiger partial charge in [0, 0.05) is 13.0 Å². The molecule has 0 aliphatic heterocycles. The van der Waals surface area contributed by atoms with Crippen molar-refractivity contribution in [3.8, 4) is 0 Å². The summed E-state index contributed by atoms with van der Waals surface area (Å²) in [6.45, 7) is 10.5. The quantitative estimate of drug-likeness (QED) is 0.651.